The quantitative estimate of drug-likeness (QED) is 0.156. The Morgan fingerprint density at radius 3 is 2.02 bits per heavy atom. The molecule has 4 saturated carbocycles. The van der Waals surface area contributed by atoms with Crippen molar-refractivity contribution in [3.63, 3.8) is 0 Å². The normalized spacial score (nSPS) is 46.7. The molecule has 2 N–H and O–H groups in total. The Kier molecular flexibility index (Phi) is 9.21. The number of cyclic esters (lactones) is 1. The van der Waals surface area contributed by atoms with Crippen molar-refractivity contribution in [3.05, 3.63) is 35.5 Å². The summed E-state index contributed by atoms with van der Waals surface area (Å²) in [6.07, 6.45) is -6.67. The van der Waals surface area contributed by atoms with Crippen molar-refractivity contribution in [2.75, 3.05) is 7.11 Å². The first-order valence-corrected chi connectivity index (χ1v) is 20.5. The van der Waals surface area contributed by atoms with Crippen LogP contribution in [0.1, 0.15) is 101 Å². The third-order valence-electron chi connectivity index (χ3n) is 15.3. The van der Waals surface area contributed by atoms with Crippen LogP contribution in [0.25, 0.3) is 0 Å². The fraction of sp³-hybridized carbons (Fsp3) is 0.721. The van der Waals surface area contributed by atoms with Gasteiger partial charge in [0.1, 0.15) is 23.6 Å². The fourth-order valence-electron chi connectivity index (χ4n) is 13.7. The highest BCUT2D eigenvalue weighted by Crippen LogP contribution is 2.90. The van der Waals surface area contributed by atoms with E-state index < -0.39 is 152 Å². The number of carbonyl (C=O) groups is 6. The summed E-state index contributed by atoms with van der Waals surface area (Å²) >= 11 is 0. The first kappa shape index (κ1) is 43.1. The fourth-order valence-corrected chi connectivity index (χ4v) is 13.7. The molecule has 2 spiro atoms. The molecule has 3 aliphatic heterocycles. The van der Waals surface area contributed by atoms with E-state index in [1.54, 1.807) is 48.5 Å². The molecule has 1 aromatic rings. The highest BCUT2D eigenvalue weighted by atomic mass is 16.9. The molecule has 2 unspecified atom stereocenters. The number of esters is 6. The standard InChI is InChI=1S/C43H54O18/c1-18(2)27(48)26-28-37(9,29(57-33(26)50)23-13-14-53-16-23)30(54-20(5)44)31(55-21(6)45)43-38(10)24(15-25(47)52-12)36(8)17-40(38)41(51,34(36)58-32(49)19(3)4)35(56-22(7)46)42(28,43)60-39(11,59-40)61-43/h13-14,16,18-19,24,28-31,34-35,48,51H,15,17H2,1-12H3/b27-26-/t24-,28+,29-,30-,31+,34-,35+,36+,37+,38+,39?,40?,41-,42+,43-/m0/s1. The zero-order valence-electron chi connectivity index (χ0n) is 36.3. The van der Waals surface area contributed by atoms with Gasteiger partial charge in [0.05, 0.1) is 36.5 Å². The third kappa shape index (κ3) is 4.77. The molecule has 18 nitrogen and oxygen atoms in total. The van der Waals surface area contributed by atoms with Gasteiger partial charge < -0.3 is 57.3 Å². The second-order valence-corrected chi connectivity index (χ2v) is 19.2. The van der Waals surface area contributed by atoms with Crippen LogP contribution in [-0.4, -0.2) is 106 Å². The summed E-state index contributed by atoms with van der Waals surface area (Å²) in [7, 11) is 1.19. The van der Waals surface area contributed by atoms with Gasteiger partial charge in [-0.25, -0.2) is 4.79 Å². The number of carbonyl (C=O) groups excluding carboxylic acids is 6. The Balaban J connectivity index is 1.62. The minimum absolute atomic E-state index is 0.185. The number of aliphatic hydroxyl groups is 2. The van der Waals surface area contributed by atoms with E-state index in [9.17, 15) is 39.0 Å². The minimum Gasteiger partial charge on any atom is -0.511 e. The summed E-state index contributed by atoms with van der Waals surface area (Å²) in [5.41, 5.74) is -15.1. The number of hydrogen-bond acceptors (Lipinski definition) is 18. The van der Waals surface area contributed by atoms with Gasteiger partial charge >= 0.3 is 35.8 Å². The average molecular weight is 859 g/mol. The van der Waals surface area contributed by atoms with Crippen LogP contribution in [0.2, 0.25) is 0 Å². The molecular formula is C43H54O18. The number of furan rings is 1. The molecule has 334 valence electrons. The van der Waals surface area contributed by atoms with Crippen LogP contribution in [0.15, 0.2) is 34.3 Å². The average Bonchev–Trinajstić information content (AvgIpc) is 3.86. The van der Waals surface area contributed by atoms with Crippen molar-refractivity contribution < 1.29 is 86.0 Å². The van der Waals surface area contributed by atoms with Crippen molar-refractivity contribution in [2.24, 2.45) is 39.9 Å². The van der Waals surface area contributed by atoms with Crippen LogP contribution < -0.4 is 0 Å². The van der Waals surface area contributed by atoms with Crippen molar-refractivity contribution >= 4 is 35.8 Å². The Labute approximate surface area is 351 Å². The first-order chi connectivity index (χ1) is 28.3. The van der Waals surface area contributed by atoms with Gasteiger partial charge in [-0.05, 0) is 18.4 Å². The number of rotatable bonds is 9. The molecule has 7 fully saturated rings. The molecule has 0 amide bonds. The topological polar surface area (TPSA) is 239 Å². The highest BCUT2D eigenvalue weighted by Gasteiger charge is 3.07. The Morgan fingerprint density at radius 2 is 1.48 bits per heavy atom. The molecule has 4 bridgehead atoms. The number of methoxy groups -OCH3 is 1. The predicted molar refractivity (Wildman–Crippen MR) is 201 cm³/mol. The maximum absolute atomic E-state index is 15.0. The van der Waals surface area contributed by atoms with Crippen LogP contribution in [0.5, 0.6) is 0 Å². The molecule has 0 radical (unpaired) electrons. The SMILES string of the molecule is COC(=O)C[C@H]1[C@@]2(C)CC34OC5(C)O[C@]6([C@@H]7/C(=C(/O)C(C)C)C(=O)O[C@@H](c8ccoc8)[C@]7(C)[C@@H](OC(C)=O)[C@@H](OC(C)=O)[C@]6(O5)[C@]13C)[C@H](OC(C)=O)[C@@]4(O)[C@H]2OC(=O)C(C)C. The molecule has 4 aliphatic carbocycles. The van der Waals surface area contributed by atoms with Gasteiger partial charge in [0.25, 0.3) is 5.97 Å². The lowest BCUT2D eigenvalue weighted by molar-refractivity contribution is -0.490. The predicted octanol–water partition coefficient (Wildman–Crippen LogP) is 3.67. The molecule has 7 aliphatic rings. The van der Waals surface area contributed by atoms with Crippen molar-refractivity contribution in [2.45, 2.75) is 148 Å². The summed E-state index contributed by atoms with van der Waals surface area (Å²) in [6.45, 7) is 16.1. The van der Waals surface area contributed by atoms with Crippen molar-refractivity contribution in [3.8, 4) is 0 Å². The van der Waals surface area contributed by atoms with Gasteiger partial charge in [-0.1, -0.05) is 48.5 Å². The van der Waals surface area contributed by atoms with Crippen LogP contribution in [0.4, 0.5) is 0 Å². The zero-order chi connectivity index (χ0) is 45.0. The summed E-state index contributed by atoms with van der Waals surface area (Å²) in [6, 6.07) is 1.51. The summed E-state index contributed by atoms with van der Waals surface area (Å²) in [5, 5.41) is 26.6. The lowest BCUT2D eigenvalue weighted by Gasteiger charge is -2.78. The number of ether oxygens (including phenoxy) is 9. The maximum Gasteiger partial charge on any atom is 0.338 e. The smallest absolute Gasteiger partial charge is 0.338 e. The summed E-state index contributed by atoms with van der Waals surface area (Å²) in [4.78, 5) is 83.8. The number of allylic oxidation sites excluding steroid dienone is 1. The number of fused-ring (bicyclic) bond motifs is 3. The van der Waals surface area contributed by atoms with Gasteiger partial charge in [0.2, 0.25) is 0 Å². The Morgan fingerprint density at radius 1 is 0.852 bits per heavy atom. The van der Waals surface area contributed by atoms with E-state index in [1.807, 2.05) is 0 Å². The van der Waals surface area contributed by atoms with Crippen molar-refractivity contribution in [1.82, 2.24) is 0 Å². The molecule has 61 heavy (non-hydrogen) atoms. The molecular weight excluding hydrogens is 804 g/mol. The maximum atomic E-state index is 15.0. The van der Waals surface area contributed by atoms with E-state index in [0.717, 1.165) is 20.8 Å². The number of aliphatic hydroxyl groups excluding tert-OH is 1. The minimum atomic E-state index is -2.63. The largest absolute Gasteiger partial charge is 0.511 e. The molecule has 8 rings (SSSR count). The van der Waals surface area contributed by atoms with Crippen LogP contribution in [0.3, 0.4) is 0 Å². The van der Waals surface area contributed by atoms with Gasteiger partial charge in [0, 0.05) is 62.3 Å². The van der Waals surface area contributed by atoms with E-state index in [4.69, 9.17) is 47.0 Å². The molecule has 18 heteroatoms. The Hall–Kier alpha value is -4.52. The summed E-state index contributed by atoms with van der Waals surface area (Å²) < 4.78 is 64.1. The highest BCUT2D eigenvalue weighted by molar-refractivity contribution is 5.92. The second kappa shape index (κ2) is 13.0. The first-order valence-electron chi connectivity index (χ1n) is 20.5. The van der Waals surface area contributed by atoms with E-state index in [-0.39, 0.29) is 12.0 Å². The van der Waals surface area contributed by atoms with E-state index >= 15 is 0 Å². The molecule has 1 aromatic heterocycles. The van der Waals surface area contributed by atoms with E-state index in [2.05, 4.69) is 0 Å². The number of hydrogen-bond donors (Lipinski definition) is 2. The van der Waals surface area contributed by atoms with E-state index in [0.29, 0.717) is 0 Å². The summed E-state index contributed by atoms with van der Waals surface area (Å²) in [5.74, 6) is -12.4. The Bertz CT molecular complexity index is 2150. The molecule has 15 atom stereocenters. The van der Waals surface area contributed by atoms with Gasteiger partial charge in [0.15, 0.2) is 35.1 Å². The van der Waals surface area contributed by atoms with Crippen LogP contribution >= 0.6 is 0 Å². The lowest BCUT2D eigenvalue weighted by Crippen LogP contribution is -2.97. The monoisotopic (exact) mass is 858 g/mol. The van der Waals surface area contributed by atoms with Crippen molar-refractivity contribution in [1.29, 1.82) is 0 Å². The molecule has 3 saturated heterocycles. The molecule has 0 aromatic carbocycles. The molecule has 4 heterocycles. The van der Waals surface area contributed by atoms with Gasteiger partial charge in [-0.2, -0.15) is 0 Å². The van der Waals surface area contributed by atoms with Crippen LogP contribution in [-0.2, 0) is 71.4 Å². The zero-order valence-corrected chi connectivity index (χ0v) is 36.3. The van der Waals surface area contributed by atoms with Gasteiger partial charge in [-0.15, -0.1) is 0 Å². The lowest BCUT2D eigenvalue weighted by atomic mass is 9.32. The van der Waals surface area contributed by atoms with E-state index in [1.165, 1.54) is 32.6 Å². The third-order valence-corrected chi connectivity index (χ3v) is 15.3. The van der Waals surface area contributed by atoms with Crippen LogP contribution in [0, 0.1) is 39.9 Å². The second-order valence-electron chi connectivity index (χ2n) is 19.2. The van der Waals surface area contributed by atoms with Gasteiger partial charge in [-0.3, -0.25) is 24.0 Å².